The lowest BCUT2D eigenvalue weighted by atomic mass is 9.96. The zero-order chi connectivity index (χ0) is 14.8. The van der Waals surface area contributed by atoms with Crippen LogP contribution in [0.25, 0.3) is 0 Å². The number of thiazole rings is 1. The number of aromatic nitrogens is 1. The van der Waals surface area contributed by atoms with Gasteiger partial charge >= 0.3 is 12.0 Å². The number of carbonyl (C=O) groups is 2. The molecule has 0 spiro atoms. The molecule has 2 rings (SSSR count). The SMILES string of the molecule is CCc1cnc(CNC(=O)NC(C)(C(=O)O)C2CC2)s1. The summed E-state index contributed by atoms with van der Waals surface area (Å²) in [7, 11) is 0. The van der Waals surface area contributed by atoms with Crippen molar-refractivity contribution in [1.29, 1.82) is 0 Å². The molecule has 0 bridgehead atoms. The summed E-state index contributed by atoms with van der Waals surface area (Å²) < 4.78 is 0. The van der Waals surface area contributed by atoms with Crippen LogP contribution in [-0.2, 0) is 17.8 Å². The van der Waals surface area contributed by atoms with Crippen LogP contribution in [0.1, 0.15) is 36.6 Å². The lowest BCUT2D eigenvalue weighted by Crippen LogP contribution is -2.56. The van der Waals surface area contributed by atoms with E-state index in [2.05, 4.69) is 15.6 Å². The van der Waals surface area contributed by atoms with Crippen LogP contribution < -0.4 is 10.6 Å². The molecule has 7 heteroatoms. The monoisotopic (exact) mass is 297 g/mol. The number of carbonyl (C=O) groups excluding carboxylic acids is 1. The Morgan fingerprint density at radius 1 is 1.55 bits per heavy atom. The van der Waals surface area contributed by atoms with Crippen molar-refractivity contribution in [1.82, 2.24) is 15.6 Å². The first-order valence-electron chi connectivity index (χ1n) is 6.68. The van der Waals surface area contributed by atoms with Crippen LogP contribution in [-0.4, -0.2) is 27.6 Å². The van der Waals surface area contributed by atoms with Gasteiger partial charge in [-0.2, -0.15) is 0 Å². The van der Waals surface area contributed by atoms with Crippen molar-refractivity contribution in [3.8, 4) is 0 Å². The number of carboxylic acids is 1. The first-order chi connectivity index (χ1) is 9.45. The van der Waals surface area contributed by atoms with Crippen molar-refractivity contribution >= 4 is 23.3 Å². The molecule has 20 heavy (non-hydrogen) atoms. The third-order valence-corrected chi connectivity index (χ3v) is 4.70. The largest absolute Gasteiger partial charge is 0.480 e. The second-order valence-electron chi connectivity index (χ2n) is 5.16. The quantitative estimate of drug-likeness (QED) is 0.746. The first-order valence-corrected chi connectivity index (χ1v) is 7.50. The van der Waals surface area contributed by atoms with E-state index in [0.717, 1.165) is 29.1 Å². The van der Waals surface area contributed by atoms with Crippen LogP contribution in [0, 0.1) is 5.92 Å². The van der Waals surface area contributed by atoms with E-state index in [-0.39, 0.29) is 5.92 Å². The van der Waals surface area contributed by atoms with Gasteiger partial charge in [-0.3, -0.25) is 0 Å². The number of hydrogen-bond acceptors (Lipinski definition) is 4. The topological polar surface area (TPSA) is 91.3 Å². The van der Waals surface area contributed by atoms with Crippen LogP contribution in [0.2, 0.25) is 0 Å². The molecule has 1 aliphatic rings. The second kappa shape index (κ2) is 5.78. The van der Waals surface area contributed by atoms with Gasteiger partial charge in [-0.25, -0.2) is 14.6 Å². The molecule has 0 radical (unpaired) electrons. The Labute approximate surface area is 121 Å². The average Bonchev–Trinajstić information content (AvgIpc) is 3.16. The van der Waals surface area contributed by atoms with Crippen molar-refractivity contribution in [2.24, 2.45) is 5.92 Å². The Hall–Kier alpha value is -1.63. The maximum absolute atomic E-state index is 11.8. The number of carboxylic acid groups (broad SMARTS) is 1. The minimum atomic E-state index is -1.18. The number of nitrogens with one attached hydrogen (secondary N) is 2. The Balaban J connectivity index is 1.87. The van der Waals surface area contributed by atoms with E-state index in [9.17, 15) is 14.7 Å². The van der Waals surface area contributed by atoms with Crippen molar-refractivity contribution in [2.45, 2.75) is 45.2 Å². The van der Waals surface area contributed by atoms with E-state index in [0.29, 0.717) is 6.54 Å². The Bertz CT molecular complexity index is 513. The van der Waals surface area contributed by atoms with E-state index in [1.165, 1.54) is 0 Å². The van der Waals surface area contributed by atoms with Crippen molar-refractivity contribution in [3.63, 3.8) is 0 Å². The van der Waals surface area contributed by atoms with Gasteiger partial charge in [0.05, 0.1) is 6.54 Å². The highest BCUT2D eigenvalue weighted by molar-refractivity contribution is 7.11. The molecule has 0 aliphatic heterocycles. The maximum atomic E-state index is 11.8. The average molecular weight is 297 g/mol. The minimum Gasteiger partial charge on any atom is -0.480 e. The summed E-state index contributed by atoms with van der Waals surface area (Å²) in [4.78, 5) is 28.5. The van der Waals surface area contributed by atoms with Crippen LogP contribution >= 0.6 is 11.3 Å². The molecule has 1 heterocycles. The lowest BCUT2D eigenvalue weighted by Gasteiger charge is -2.26. The Kier molecular flexibility index (Phi) is 4.27. The summed E-state index contributed by atoms with van der Waals surface area (Å²) in [6.45, 7) is 3.92. The molecule has 1 aromatic heterocycles. The zero-order valence-electron chi connectivity index (χ0n) is 11.6. The predicted octanol–water partition coefficient (Wildman–Crippen LogP) is 1.76. The number of aryl methyl sites for hydroxylation is 1. The molecule has 1 aromatic rings. The van der Waals surface area contributed by atoms with Crippen LogP contribution in [0.5, 0.6) is 0 Å². The number of rotatable bonds is 6. The summed E-state index contributed by atoms with van der Waals surface area (Å²) in [6.07, 6.45) is 4.40. The molecule has 3 N–H and O–H groups in total. The third-order valence-electron chi connectivity index (χ3n) is 3.56. The summed E-state index contributed by atoms with van der Waals surface area (Å²) in [5, 5.41) is 15.3. The van der Waals surface area contributed by atoms with Gasteiger partial charge in [0.2, 0.25) is 0 Å². The van der Waals surface area contributed by atoms with Gasteiger partial charge in [-0.15, -0.1) is 11.3 Å². The molecular formula is C13H19N3O3S. The zero-order valence-corrected chi connectivity index (χ0v) is 12.4. The van der Waals surface area contributed by atoms with Crippen molar-refractivity contribution < 1.29 is 14.7 Å². The number of hydrogen-bond donors (Lipinski definition) is 3. The lowest BCUT2D eigenvalue weighted by molar-refractivity contribution is -0.144. The van der Waals surface area contributed by atoms with Gasteiger partial charge < -0.3 is 15.7 Å². The molecule has 1 saturated carbocycles. The smallest absolute Gasteiger partial charge is 0.329 e. The molecule has 1 fully saturated rings. The van der Waals surface area contributed by atoms with Gasteiger partial charge in [0, 0.05) is 11.1 Å². The molecule has 0 aromatic carbocycles. The van der Waals surface area contributed by atoms with E-state index >= 15 is 0 Å². The summed E-state index contributed by atoms with van der Waals surface area (Å²) in [6, 6.07) is -0.463. The standard InChI is InChI=1S/C13H19N3O3S/c1-3-9-6-14-10(20-9)7-15-12(19)16-13(2,11(17)18)8-4-5-8/h6,8H,3-5,7H2,1-2H3,(H,17,18)(H2,15,16,19). The second-order valence-corrected chi connectivity index (χ2v) is 6.36. The molecule has 1 unspecified atom stereocenters. The van der Waals surface area contributed by atoms with E-state index < -0.39 is 17.5 Å². The normalized spacial score (nSPS) is 17.3. The van der Waals surface area contributed by atoms with Gasteiger partial charge in [0.1, 0.15) is 10.5 Å². The Morgan fingerprint density at radius 3 is 2.75 bits per heavy atom. The third kappa shape index (κ3) is 3.27. The number of nitrogens with zero attached hydrogens (tertiary/aromatic N) is 1. The van der Waals surface area contributed by atoms with Crippen LogP contribution in [0.15, 0.2) is 6.20 Å². The highest BCUT2D eigenvalue weighted by Crippen LogP contribution is 2.39. The maximum Gasteiger partial charge on any atom is 0.329 e. The molecular weight excluding hydrogens is 278 g/mol. The summed E-state index contributed by atoms with van der Waals surface area (Å²) in [5.74, 6) is -0.963. The fourth-order valence-corrected chi connectivity index (χ4v) is 2.82. The minimum absolute atomic E-state index is 0.0253. The fourth-order valence-electron chi connectivity index (χ4n) is 2.02. The summed E-state index contributed by atoms with van der Waals surface area (Å²) >= 11 is 1.55. The van der Waals surface area contributed by atoms with Gasteiger partial charge in [-0.05, 0) is 32.1 Å². The molecule has 1 aliphatic carbocycles. The fraction of sp³-hybridized carbons (Fsp3) is 0.615. The van der Waals surface area contributed by atoms with Gasteiger partial charge in [0.15, 0.2) is 0 Å². The Morgan fingerprint density at radius 2 is 2.25 bits per heavy atom. The summed E-state index contributed by atoms with van der Waals surface area (Å²) in [5.41, 5.74) is -1.18. The van der Waals surface area contributed by atoms with E-state index in [1.54, 1.807) is 24.5 Å². The highest BCUT2D eigenvalue weighted by atomic mass is 32.1. The molecule has 0 saturated heterocycles. The van der Waals surface area contributed by atoms with Crippen LogP contribution in [0.4, 0.5) is 4.79 Å². The van der Waals surface area contributed by atoms with E-state index in [4.69, 9.17) is 0 Å². The predicted molar refractivity (Wildman–Crippen MR) is 75.6 cm³/mol. The first kappa shape index (κ1) is 14.8. The highest BCUT2D eigenvalue weighted by Gasteiger charge is 2.48. The molecule has 110 valence electrons. The van der Waals surface area contributed by atoms with Crippen molar-refractivity contribution in [2.75, 3.05) is 0 Å². The molecule has 1 atom stereocenters. The van der Waals surface area contributed by atoms with Crippen molar-refractivity contribution in [3.05, 3.63) is 16.1 Å². The number of urea groups is 1. The van der Waals surface area contributed by atoms with E-state index in [1.807, 2.05) is 6.92 Å². The van der Waals surface area contributed by atoms with Gasteiger partial charge in [-0.1, -0.05) is 6.92 Å². The molecule has 6 nitrogen and oxygen atoms in total. The van der Waals surface area contributed by atoms with Crippen LogP contribution in [0.3, 0.4) is 0 Å². The number of amides is 2. The molecule has 2 amide bonds. The number of aliphatic carboxylic acids is 1. The van der Waals surface area contributed by atoms with Gasteiger partial charge in [0.25, 0.3) is 0 Å².